The Kier molecular flexibility index (Phi) is 5.49. The highest BCUT2D eigenvalue weighted by atomic mass is 19.1. The summed E-state index contributed by atoms with van der Waals surface area (Å²) in [6.07, 6.45) is -0.968. The molecule has 0 aliphatic rings. The topological polar surface area (TPSA) is 71.2 Å². The van der Waals surface area contributed by atoms with Crippen molar-refractivity contribution in [1.29, 1.82) is 0 Å². The second kappa shape index (κ2) is 7.84. The normalized spacial score (nSPS) is 13.2. The van der Waals surface area contributed by atoms with Crippen LogP contribution in [0, 0.1) is 19.7 Å². The maximum absolute atomic E-state index is 13.0. The quantitative estimate of drug-likeness (QED) is 0.645. The molecule has 2 unspecified atom stereocenters. The number of fused-ring (bicyclic) bond motifs is 1. The van der Waals surface area contributed by atoms with Crippen molar-refractivity contribution in [3.8, 4) is 0 Å². The number of halogens is 1. The van der Waals surface area contributed by atoms with Gasteiger partial charge in [0.05, 0.1) is 6.04 Å². The standard InChI is InChI=1S/C22H23FN2O3/c1-12-9-13(2)18-11-20(25-19(18)10-12)22(27)28-15(4)21(26)24-14(3)16-5-7-17(23)8-6-16/h5-11,14-15,25H,1-4H3,(H,24,26). The Balaban J connectivity index is 1.65. The van der Waals surface area contributed by atoms with Gasteiger partial charge in [-0.25, -0.2) is 9.18 Å². The second-order valence-electron chi connectivity index (χ2n) is 7.06. The molecule has 0 radical (unpaired) electrons. The number of esters is 1. The Morgan fingerprint density at radius 2 is 1.75 bits per heavy atom. The highest BCUT2D eigenvalue weighted by Gasteiger charge is 2.22. The van der Waals surface area contributed by atoms with E-state index >= 15 is 0 Å². The molecule has 0 saturated heterocycles. The van der Waals surface area contributed by atoms with Gasteiger partial charge in [-0.1, -0.05) is 18.2 Å². The number of amides is 1. The first-order valence-electron chi connectivity index (χ1n) is 9.11. The number of nitrogens with one attached hydrogen (secondary N) is 2. The number of benzene rings is 2. The molecule has 0 saturated carbocycles. The first-order chi connectivity index (χ1) is 13.2. The predicted molar refractivity (Wildman–Crippen MR) is 106 cm³/mol. The maximum atomic E-state index is 13.0. The Morgan fingerprint density at radius 1 is 1.07 bits per heavy atom. The van der Waals surface area contributed by atoms with Gasteiger partial charge in [-0.15, -0.1) is 0 Å². The third kappa shape index (κ3) is 4.22. The molecular formula is C22H23FN2O3. The molecular weight excluding hydrogens is 359 g/mol. The minimum absolute atomic E-state index is 0.301. The lowest BCUT2D eigenvalue weighted by Crippen LogP contribution is -2.37. The number of aryl methyl sites for hydroxylation is 2. The lowest BCUT2D eigenvalue weighted by molar-refractivity contribution is -0.129. The van der Waals surface area contributed by atoms with E-state index in [0.717, 1.165) is 27.6 Å². The van der Waals surface area contributed by atoms with Gasteiger partial charge >= 0.3 is 5.97 Å². The number of aromatic amines is 1. The van der Waals surface area contributed by atoms with Gasteiger partial charge in [0, 0.05) is 10.9 Å². The van der Waals surface area contributed by atoms with Gasteiger partial charge in [-0.05, 0) is 68.7 Å². The molecule has 146 valence electrons. The summed E-state index contributed by atoms with van der Waals surface area (Å²) in [6, 6.07) is 11.3. The minimum Gasteiger partial charge on any atom is -0.448 e. The van der Waals surface area contributed by atoms with Crippen LogP contribution in [0.5, 0.6) is 0 Å². The number of hydrogen-bond acceptors (Lipinski definition) is 3. The highest BCUT2D eigenvalue weighted by Crippen LogP contribution is 2.22. The fourth-order valence-corrected chi connectivity index (χ4v) is 3.15. The van der Waals surface area contributed by atoms with Crippen LogP contribution in [0.1, 0.15) is 47.1 Å². The van der Waals surface area contributed by atoms with E-state index in [4.69, 9.17) is 4.74 Å². The molecule has 6 heteroatoms. The van der Waals surface area contributed by atoms with E-state index in [-0.39, 0.29) is 11.9 Å². The summed E-state index contributed by atoms with van der Waals surface area (Å²) in [5.41, 5.74) is 4.06. The third-order valence-electron chi connectivity index (χ3n) is 4.69. The van der Waals surface area contributed by atoms with Crippen LogP contribution in [0.15, 0.2) is 42.5 Å². The van der Waals surface area contributed by atoms with Crippen molar-refractivity contribution in [2.75, 3.05) is 0 Å². The van der Waals surface area contributed by atoms with Crippen LogP contribution < -0.4 is 5.32 Å². The van der Waals surface area contributed by atoms with E-state index in [1.807, 2.05) is 26.0 Å². The fraction of sp³-hybridized carbons (Fsp3) is 0.273. The number of ether oxygens (including phenoxy) is 1. The number of carbonyl (C=O) groups is 2. The molecule has 1 aromatic heterocycles. The van der Waals surface area contributed by atoms with E-state index in [1.54, 1.807) is 25.1 Å². The minimum atomic E-state index is -0.968. The molecule has 1 heterocycles. The summed E-state index contributed by atoms with van der Waals surface area (Å²) in [7, 11) is 0. The zero-order valence-electron chi connectivity index (χ0n) is 16.3. The lowest BCUT2D eigenvalue weighted by atomic mass is 10.1. The molecule has 0 bridgehead atoms. The van der Waals surface area contributed by atoms with Crippen LogP contribution in [0.25, 0.3) is 10.9 Å². The van der Waals surface area contributed by atoms with Crippen molar-refractivity contribution in [2.24, 2.45) is 0 Å². The van der Waals surface area contributed by atoms with Crippen molar-refractivity contribution < 1.29 is 18.7 Å². The Hall–Kier alpha value is -3.15. The summed E-state index contributed by atoms with van der Waals surface area (Å²) in [5.74, 6) is -1.35. The van der Waals surface area contributed by atoms with Crippen molar-refractivity contribution in [3.63, 3.8) is 0 Å². The Bertz CT molecular complexity index is 1020. The number of rotatable bonds is 5. The number of carbonyl (C=O) groups excluding carboxylic acids is 2. The molecule has 2 N–H and O–H groups in total. The van der Waals surface area contributed by atoms with Gasteiger partial charge in [-0.3, -0.25) is 4.79 Å². The largest absolute Gasteiger partial charge is 0.448 e. The van der Waals surface area contributed by atoms with Gasteiger partial charge in [-0.2, -0.15) is 0 Å². The summed E-state index contributed by atoms with van der Waals surface area (Å²) in [6.45, 7) is 7.26. The molecule has 3 rings (SSSR count). The van der Waals surface area contributed by atoms with E-state index in [9.17, 15) is 14.0 Å². The smallest absolute Gasteiger partial charge is 0.355 e. The monoisotopic (exact) mass is 382 g/mol. The van der Waals surface area contributed by atoms with Crippen molar-refractivity contribution in [2.45, 2.75) is 39.8 Å². The lowest BCUT2D eigenvalue weighted by Gasteiger charge is -2.18. The van der Waals surface area contributed by atoms with Crippen molar-refractivity contribution in [1.82, 2.24) is 10.3 Å². The average molecular weight is 382 g/mol. The SMILES string of the molecule is Cc1cc(C)c2cc(C(=O)OC(C)C(=O)NC(C)c3ccc(F)cc3)[nH]c2c1. The van der Waals surface area contributed by atoms with Gasteiger partial charge in [0.15, 0.2) is 6.10 Å². The van der Waals surface area contributed by atoms with E-state index in [2.05, 4.69) is 10.3 Å². The number of aromatic nitrogens is 1. The van der Waals surface area contributed by atoms with Crippen LogP contribution in [0.2, 0.25) is 0 Å². The van der Waals surface area contributed by atoms with Gasteiger partial charge in [0.1, 0.15) is 11.5 Å². The zero-order chi connectivity index (χ0) is 20.4. The first-order valence-corrected chi connectivity index (χ1v) is 9.11. The van der Waals surface area contributed by atoms with Gasteiger partial charge in [0.2, 0.25) is 0 Å². The Labute approximate surface area is 162 Å². The summed E-state index contributed by atoms with van der Waals surface area (Å²) < 4.78 is 18.3. The third-order valence-corrected chi connectivity index (χ3v) is 4.69. The maximum Gasteiger partial charge on any atom is 0.355 e. The molecule has 0 aliphatic carbocycles. The van der Waals surface area contributed by atoms with E-state index in [0.29, 0.717) is 5.69 Å². The van der Waals surface area contributed by atoms with Crippen LogP contribution >= 0.6 is 0 Å². The van der Waals surface area contributed by atoms with E-state index in [1.165, 1.54) is 19.1 Å². The Morgan fingerprint density at radius 3 is 2.43 bits per heavy atom. The van der Waals surface area contributed by atoms with Crippen molar-refractivity contribution >= 4 is 22.8 Å². The summed E-state index contributed by atoms with van der Waals surface area (Å²) >= 11 is 0. The van der Waals surface area contributed by atoms with Crippen LogP contribution in [0.4, 0.5) is 4.39 Å². The number of H-pyrrole nitrogens is 1. The highest BCUT2D eigenvalue weighted by molar-refractivity contribution is 5.97. The molecule has 1 amide bonds. The average Bonchev–Trinajstić information content (AvgIpc) is 3.06. The molecule has 0 spiro atoms. The fourth-order valence-electron chi connectivity index (χ4n) is 3.15. The zero-order valence-corrected chi connectivity index (χ0v) is 16.3. The summed E-state index contributed by atoms with van der Waals surface area (Å²) in [4.78, 5) is 27.9. The molecule has 3 aromatic rings. The molecule has 2 atom stereocenters. The van der Waals surface area contributed by atoms with Crippen LogP contribution in [-0.4, -0.2) is 23.0 Å². The van der Waals surface area contributed by atoms with Gasteiger partial charge < -0.3 is 15.0 Å². The van der Waals surface area contributed by atoms with Crippen LogP contribution in [0.3, 0.4) is 0 Å². The molecule has 0 fully saturated rings. The molecule has 5 nitrogen and oxygen atoms in total. The number of hydrogen-bond donors (Lipinski definition) is 2. The second-order valence-corrected chi connectivity index (χ2v) is 7.06. The van der Waals surface area contributed by atoms with Crippen molar-refractivity contribution in [3.05, 3.63) is 70.7 Å². The summed E-state index contributed by atoms with van der Waals surface area (Å²) in [5, 5.41) is 3.71. The molecule has 2 aromatic carbocycles. The predicted octanol–water partition coefficient (Wildman–Crippen LogP) is 4.35. The van der Waals surface area contributed by atoms with E-state index < -0.39 is 18.0 Å². The van der Waals surface area contributed by atoms with Crippen LogP contribution in [-0.2, 0) is 9.53 Å². The van der Waals surface area contributed by atoms with Gasteiger partial charge in [0.25, 0.3) is 5.91 Å². The first kappa shape index (κ1) is 19.6. The molecule has 0 aliphatic heterocycles. The molecule has 28 heavy (non-hydrogen) atoms.